The highest BCUT2D eigenvalue weighted by atomic mass is 16.5. The van der Waals surface area contributed by atoms with Crippen LogP contribution in [0.2, 0.25) is 0 Å². The maximum atomic E-state index is 10.6. The molecule has 0 amide bonds. The van der Waals surface area contributed by atoms with E-state index >= 15 is 0 Å². The van der Waals surface area contributed by atoms with E-state index in [1.165, 1.54) is 19.8 Å². The Bertz CT molecular complexity index is 220. The SMILES string of the molecule is CC(=O)OCC1C[C@H]2C=CC1C2. The molecule has 66 valence electrons. The molecule has 3 atom stereocenters. The highest BCUT2D eigenvalue weighted by molar-refractivity contribution is 5.65. The van der Waals surface area contributed by atoms with Crippen molar-refractivity contribution in [2.24, 2.45) is 17.8 Å². The minimum atomic E-state index is -0.151. The molecule has 0 heterocycles. The lowest BCUT2D eigenvalue weighted by molar-refractivity contribution is -0.142. The van der Waals surface area contributed by atoms with Crippen LogP contribution in [0.15, 0.2) is 12.2 Å². The van der Waals surface area contributed by atoms with E-state index in [1.807, 2.05) is 0 Å². The third-order valence-corrected chi connectivity index (χ3v) is 2.92. The maximum absolute atomic E-state index is 10.6. The van der Waals surface area contributed by atoms with Crippen LogP contribution in [0.5, 0.6) is 0 Å². The highest BCUT2D eigenvalue weighted by Crippen LogP contribution is 2.43. The van der Waals surface area contributed by atoms with Crippen LogP contribution in [0.1, 0.15) is 19.8 Å². The van der Waals surface area contributed by atoms with E-state index in [2.05, 4.69) is 12.2 Å². The zero-order valence-corrected chi connectivity index (χ0v) is 7.32. The normalized spacial score (nSPS) is 37.2. The molecule has 0 aliphatic heterocycles. The first-order valence-corrected chi connectivity index (χ1v) is 4.57. The first kappa shape index (κ1) is 7.84. The summed E-state index contributed by atoms with van der Waals surface area (Å²) in [5.74, 6) is 1.91. The smallest absolute Gasteiger partial charge is 0.302 e. The van der Waals surface area contributed by atoms with Gasteiger partial charge < -0.3 is 4.74 Å². The topological polar surface area (TPSA) is 26.3 Å². The van der Waals surface area contributed by atoms with Gasteiger partial charge in [-0.15, -0.1) is 0 Å². The molecule has 0 aromatic heterocycles. The number of carbonyl (C=O) groups excluding carboxylic acids is 1. The fourth-order valence-corrected chi connectivity index (χ4v) is 2.31. The summed E-state index contributed by atoms with van der Waals surface area (Å²) in [6.45, 7) is 2.10. The predicted octanol–water partition coefficient (Wildman–Crippen LogP) is 1.76. The molecule has 2 bridgehead atoms. The standard InChI is InChI=1S/C10H14O2/c1-7(11)12-6-10-5-8-2-3-9(10)4-8/h2-3,8-10H,4-6H2,1H3/t8-,9?,10?/m0/s1. The van der Waals surface area contributed by atoms with Crippen molar-refractivity contribution in [3.05, 3.63) is 12.2 Å². The lowest BCUT2D eigenvalue weighted by Gasteiger charge is -2.16. The number of esters is 1. The number of fused-ring (bicyclic) bond motifs is 2. The average molecular weight is 166 g/mol. The van der Waals surface area contributed by atoms with Gasteiger partial charge in [-0.1, -0.05) is 12.2 Å². The molecule has 0 saturated heterocycles. The van der Waals surface area contributed by atoms with Crippen LogP contribution >= 0.6 is 0 Å². The minimum Gasteiger partial charge on any atom is -0.466 e. The Labute approximate surface area is 72.6 Å². The number of hydrogen-bond donors (Lipinski definition) is 0. The van der Waals surface area contributed by atoms with E-state index in [-0.39, 0.29) is 5.97 Å². The molecular formula is C10H14O2. The van der Waals surface area contributed by atoms with E-state index in [4.69, 9.17) is 4.74 Å². The van der Waals surface area contributed by atoms with Gasteiger partial charge >= 0.3 is 5.97 Å². The lowest BCUT2D eigenvalue weighted by atomic mass is 9.95. The van der Waals surface area contributed by atoms with Crippen molar-refractivity contribution < 1.29 is 9.53 Å². The van der Waals surface area contributed by atoms with E-state index in [0.29, 0.717) is 18.4 Å². The van der Waals surface area contributed by atoms with Crippen LogP contribution in [0.25, 0.3) is 0 Å². The fraction of sp³-hybridized carbons (Fsp3) is 0.700. The van der Waals surface area contributed by atoms with Crippen LogP contribution in [0.3, 0.4) is 0 Å². The third-order valence-electron chi connectivity index (χ3n) is 2.92. The molecule has 0 spiro atoms. The Morgan fingerprint density at radius 3 is 2.83 bits per heavy atom. The summed E-state index contributed by atoms with van der Waals surface area (Å²) in [6, 6.07) is 0. The van der Waals surface area contributed by atoms with Gasteiger partial charge in [0.1, 0.15) is 0 Å². The van der Waals surface area contributed by atoms with Gasteiger partial charge in [0.2, 0.25) is 0 Å². The predicted molar refractivity (Wildman–Crippen MR) is 45.5 cm³/mol. The Hall–Kier alpha value is -0.790. The van der Waals surface area contributed by atoms with E-state index in [0.717, 1.165) is 5.92 Å². The Morgan fingerprint density at radius 2 is 2.33 bits per heavy atom. The number of carbonyl (C=O) groups is 1. The highest BCUT2D eigenvalue weighted by Gasteiger charge is 2.35. The first-order valence-electron chi connectivity index (χ1n) is 4.57. The molecule has 2 unspecified atom stereocenters. The zero-order valence-electron chi connectivity index (χ0n) is 7.32. The summed E-state index contributed by atoms with van der Waals surface area (Å²) in [7, 11) is 0. The zero-order chi connectivity index (χ0) is 8.55. The summed E-state index contributed by atoms with van der Waals surface area (Å²) < 4.78 is 5.01. The second kappa shape index (κ2) is 2.92. The van der Waals surface area contributed by atoms with Crippen molar-refractivity contribution in [1.29, 1.82) is 0 Å². The first-order chi connectivity index (χ1) is 5.75. The third kappa shape index (κ3) is 1.38. The number of allylic oxidation sites excluding steroid dienone is 2. The summed E-state index contributed by atoms with van der Waals surface area (Å²) >= 11 is 0. The molecule has 12 heavy (non-hydrogen) atoms. The van der Waals surface area contributed by atoms with Crippen LogP contribution in [0.4, 0.5) is 0 Å². The van der Waals surface area contributed by atoms with E-state index in [9.17, 15) is 4.79 Å². The van der Waals surface area contributed by atoms with Gasteiger partial charge in [-0.3, -0.25) is 4.79 Å². The average Bonchev–Trinajstić information content (AvgIpc) is 2.60. The van der Waals surface area contributed by atoms with E-state index < -0.39 is 0 Å². The molecule has 0 N–H and O–H groups in total. The van der Waals surface area contributed by atoms with Gasteiger partial charge in [0.15, 0.2) is 0 Å². The molecule has 2 aliphatic carbocycles. The van der Waals surface area contributed by atoms with Gasteiger partial charge in [0.25, 0.3) is 0 Å². The van der Waals surface area contributed by atoms with Crippen molar-refractivity contribution >= 4 is 5.97 Å². The molecule has 2 rings (SSSR count). The molecule has 0 aromatic carbocycles. The Balaban J connectivity index is 1.83. The summed E-state index contributed by atoms with van der Waals surface area (Å²) in [4.78, 5) is 10.6. The van der Waals surface area contributed by atoms with Gasteiger partial charge in [-0.2, -0.15) is 0 Å². The summed E-state index contributed by atoms with van der Waals surface area (Å²) in [5, 5.41) is 0. The molecule has 0 radical (unpaired) electrons. The Kier molecular flexibility index (Phi) is 1.91. The monoisotopic (exact) mass is 166 g/mol. The number of hydrogen-bond acceptors (Lipinski definition) is 2. The number of ether oxygens (including phenoxy) is 1. The second-order valence-corrected chi connectivity index (χ2v) is 3.84. The van der Waals surface area contributed by atoms with Crippen LogP contribution in [-0.2, 0) is 9.53 Å². The van der Waals surface area contributed by atoms with Crippen LogP contribution < -0.4 is 0 Å². The van der Waals surface area contributed by atoms with E-state index in [1.54, 1.807) is 0 Å². The van der Waals surface area contributed by atoms with Crippen LogP contribution in [0, 0.1) is 17.8 Å². The maximum Gasteiger partial charge on any atom is 0.302 e. The molecule has 2 nitrogen and oxygen atoms in total. The van der Waals surface area contributed by atoms with Crippen molar-refractivity contribution in [1.82, 2.24) is 0 Å². The number of rotatable bonds is 2. The van der Waals surface area contributed by atoms with Crippen LogP contribution in [-0.4, -0.2) is 12.6 Å². The van der Waals surface area contributed by atoms with Gasteiger partial charge in [-0.05, 0) is 30.6 Å². The lowest BCUT2D eigenvalue weighted by Crippen LogP contribution is -2.16. The molecule has 1 fully saturated rings. The van der Waals surface area contributed by atoms with Crippen molar-refractivity contribution in [2.45, 2.75) is 19.8 Å². The Morgan fingerprint density at radius 1 is 1.50 bits per heavy atom. The molecule has 0 aromatic rings. The quantitative estimate of drug-likeness (QED) is 0.461. The fourth-order valence-electron chi connectivity index (χ4n) is 2.31. The molecular weight excluding hydrogens is 152 g/mol. The second-order valence-electron chi connectivity index (χ2n) is 3.84. The molecule has 2 aliphatic rings. The van der Waals surface area contributed by atoms with Crippen molar-refractivity contribution in [3.63, 3.8) is 0 Å². The van der Waals surface area contributed by atoms with Crippen molar-refractivity contribution in [2.75, 3.05) is 6.61 Å². The van der Waals surface area contributed by atoms with Gasteiger partial charge in [0.05, 0.1) is 6.61 Å². The molecule has 1 saturated carbocycles. The summed E-state index contributed by atoms with van der Waals surface area (Å²) in [5.41, 5.74) is 0. The van der Waals surface area contributed by atoms with Crippen molar-refractivity contribution in [3.8, 4) is 0 Å². The summed E-state index contributed by atoms with van der Waals surface area (Å²) in [6.07, 6.45) is 7.08. The molecule has 2 heteroatoms. The van der Waals surface area contributed by atoms with Gasteiger partial charge in [-0.25, -0.2) is 0 Å². The largest absolute Gasteiger partial charge is 0.466 e. The van der Waals surface area contributed by atoms with Gasteiger partial charge in [0, 0.05) is 6.92 Å². The minimum absolute atomic E-state index is 0.151.